The third-order valence-corrected chi connectivity index (χ3v) is 3.45. The number of alkyl halides is 3. The summed E-state index contributed by atoms with van der Waals surface area (Å²) in [5, 5.41) is 2.53. The van der Waals surface area contributed by atoms with Crippen LogP contribution in [0.4, 0.5) is 18.9 Å². The Bertz CT molecular complexity index is 518. The van der Waals surface area contributed by atoms with E-state index in [9.17, 15) is 18.0 Å². The summed E-state index contributed by atoms with van der Waals surface area (Å²) < 4.78 is 46.2. The predicted octanol–water partition coefficient (Wildman–Crippen LogP) is 3.03. The van der Waals surface area contributed by atoms with Crippen LogP contribution in [0.3, 0.4) is 0 Å². The Morgan fingerprint density at radius 2 is 1.91 bits per heavy atom. The lowest BCUT2D eigenvalue weighted by Gasteiger charge is -2.14. The molecule has 1 rings (SSSR count). The number of rotatable bonds is 7. The quantitative estimate of drug-likeness (QED) is 0.767. The standard InChI is InChI=1S/C13H17F3N2O3S.ClH/c1-20-10-4-3-8(7-11(10)21-2)18-12(19)9(17)5-6-22-13(14,15)16;/h3-4,7,9H,5-6,17H2,1-2H3,(H,18,19);1H. The Labute approximate surface area is 142 Å². The molecule has 10 heteroatoms. The fourth-order valence-electron chi connectivity index (χ4n) is 1.58. The van der Waals surface area contributed by atoms with Crippen molar-refractivity contribution in [2.24, 2.45) is 5.73 Å². The molecule has 0 heterocycles. The number of ether oxygens (including phenoxy) is 2. The van der Waals surface area contributed by atoms with Crippen LogP contribution in [0.15, 0.2) is 18.2 Å². The lowest BCUT2D eigenvalue weighted by Crippen LogP contribution is -2.36. The van der Waals surface area contributed by atoms with Crippen molar-refractivity contribution in [2.75, 3.05) is 25.3 Å². The summed E-state index contributed by atoms with van der Waals surface area (Å²) in [5.41, 5.74) is 1.67. The highest BCUT2D eigenvalue weighted by atomic mass is 35.5. The van der Waals surface area contributed by atoms with Crippen molar-refractivity contribution >= 4 is 35.8 Å². The molecule has 1 atom stereocenters. The summed E-state index contributed by atoms with van der Waals surface area (Å²) in [5.74, 6) is 0.0761. The molecular weight excluding hydrogens is 357 g/mol. The molecule has 0 saturated carbocycles. The lowest BCUT2D eigenvalue weighted by molar-refractivity contribution is -0.117. The number of thioether (sulfide) groups is 1. The van der Waals surface area contributed by atoms with E-state index in [1.165, 1.54) is 20.3 Å². The van der Waals surface area contributed by atoms with Crippen molar-refractivity contribution in [3.8, 4) is 11.5 Å². The molecule has 0 aliphatic heterocycles. The number of carbonyl (C=O) groups excluding carboxylic acids is 1. The van der Waals surface area contributed by atoms with Gasteiger partial charge < -0.3 is 20.5 Å². The lowest BCUT2D eigenvalue weighted by atomic mass is 10.2. The number of carbonyl (C=O) groups is 1. The molecule has 1 unspecified atom stereocenters. The van der Waals surface area contributed by atoms with Gasteiger partial charge in [0, 0.05) is 17.5 Å². The number of hydrogen-bond acceptors (Lipinski definition) is 5. The first-order valence-electron chi connectivity index (χ1n) is 6.26. The Morgan fingerprint density at radius 1 is 1.30 bits per heavy atom. The van der Waals surface area contributed by atoms with Gasteiger partial charge in [0.2, 0.25) is 5.91 Å². The second kappa shape index (κ2) is 9.74. The molecule has 0 fully saturated rings. The molecule has 23 heavy (non-hydrogen) atoms. The summed E-state index contributed by atoms with van der Waals surface area (Å²) in [6.07, 6.45) is -0.0801. The minimum atomic E-state index is -4.32. The Balaban J connectivity index is 0.00000484. The first kappa shape index (κ1) is 21.7. The Kier molecular flexibility index (Phi) is 9.18. The normalized spacial score (nSPS) is 12.1. The molecule has 0 bridgehead atoms. The highest BCUT2D eigenvalue weighted by molar-refractivity contribution is 8.00. The van der Waals surface area contributed by atoms with Crippen molar-refractivity contribution in [1.29, 1.82) is 0 Å². The smallest absolute Gasteiger partial charge is 0.441 e. The summed E-state index contributed by atoms with van der Waals surface area (Å²) in [6, 6.07) is 3.69. The number of anilines is 1. The van der Waals surface area contributed by atoms with Crippen LogP contribution >= 0.6 is 24.2 Å². The van der Waals surface area contributed by atoms with Gasteiger partial charge in [0.15, 0.2) is 11.5 Å². The molecule has 1 aromatic carbocycles. The monoisotopic (exact) mass is 374 g/mol. The fourth-order valence-corrected chi connectivity index (χ4v) is 2.18. The van der Waals surface area contributed by atoms with Crippen molar-refractivity contribution in [3.63, 3.8) is 0 Å². The molecule has 132 valence electrons. The van der Waals surface area contributed by atoms with E-state index < -0.39 is 17.5 Å². The van der Waals surface area contributed by atoms with Crippen LogP contribution in [0.5, 0.6) is 11.5 Å². The van der Waals surface area contributed by atoms with Gasteiger partial charge in [-0.15, -0.1) is 12.4 Å². The third kappa shape index (κ3) is 7.67. The average Bonchev–Trinajstić information content (AvgIpc) is 2.45. The predicted molar refractivity (Wildman–Crippen MR) is 86.5 cm³/mol. The number of amides is 1. The molecule has 1 amide bonds. The first-order valence-corrected chi connectivity index (χ1v) is 7.24. The number of nitrogens with two attached hydrogens (primary N) is 1. The van der Waals surface area contributed by atoms with Crippen LogP contribution in [0.1, 0.15) is 6.42 Å². The third-order valence-electron chi connectivity index (χ3n) is 2.68. The van der Waals surface area contributed by atoms with Gasteiger partial charge >= 0.3 is 5.51 Å². The second-order valence-corrected chi connectivity index (χ2v) is 5.41. The maximum absolute atomic E-state index is 12.0. The number of benzene rings is 1. The highest BCUT2D eigenvalue weighted by Crippen LogP contribution is 2.31. The van der Waals surface area contributed by atoms with Crippen LogP contribution < -0.4 is 20.5 Å². The molecule has 1 aromatic rings. The molecule has 0 aliphatic carbocycles. The number of hydrogen-bond donors (Lipinski definition) is 2. The van der Waals surface area contributed by atoms with Gasteiger partial charge in [0.1, 0.15) is 0 Å². The van der Waals surface area contributed by atoms with Crippen molar-refractivity contribution in [1.82, 2.24) is 0 Å². The molecule has 3 N–H and O–H groups in total. The van der Waals surface area contributed by atoms with Gasteiger partial charge in [-0.05, 0) is 18.6 Å². The molecule has 0 aliphatic rings. The van der Waals surface area contributed by atoms with Crippen molar-refractivity contribution in [3.05, 3.63) is 18.2 Å². The zero-order chi connectivity index (χ0) is 16.8. The molecular formula is C13H18ClF3N2O3S. The first-order chi connectivity index (χ1) is 10.3. The van der Waals surface area contributed by atoms with E-state index in [1.54, 1.807) is 12.1 Å². The zero-order valence-corrected chi connectivity index (χ0v) is 14.1. The molecule has 0 spiro atoms. The number of methoxy groups -OCH3 is 2. The van der Waals surface area contributed by atoms with Gasteiger partial charge in [-0.1, -0.05) is 11.8 Å². The maximum Gasteiger partial charge on any atom is 0.441 e. The van der Waals surface area contributed by atoms with E-state index in [-0.39, 0.29) is 36.3 Å². The Hall–Kier alpha value is -1.32. The maximum atomic E-state index is 12.0. The molecule has 0 aromatic heterocycles. The van der Waals surface area contributed by atoms with Crippen molar-refractivity contribution < 1.29 is 27.4 Å². The van der Waals surface area contributed by atoms with Crippen LogP contribution in [0, 0.1) is 0 Å². The van der Waals surface area contributed by atoms with Gasteiger partial charge in [-0.25, -0.2) is 0 Å². The van der Waals surface area contributed by atoms with Gasteiger partial charge in [0.25, 0.3) is 0 Å². The van der Waals surface area contributed by atoms with Gasteiger partial charge in [-0.2, -0.15) is 13.2 Å². The van der Waals surface area contributed by atoms with Crippen LogP contribution in [0.2, 0.25) is 0 Å². The summed E-state index contributed by atoms with van der Waals surface area (Å²) in [4.78, 5) is 11.8. The summed E-state index contributed by atoms with van der Waals surface area (Å²) in [6.45, 7) is 0. The van der Waals surface area contributed by atoms with E-state index in [0.29, 0.717) is 17.2 Å². The van der Waals surface area contributed by atoms with Gasteiger partial charge in [-0.3, -0.25) is 4.79 Å². The second-order valence-electron chi connectivity index (χ2n) is 4.25. The van der Waals surface area contributed by atoms with E-state index in [1.807, 2.05) is 0 Å². The highest BCUT2D eigenvalue weighted by Gasteiger charge is 2.28. The Morgan fingerprint density at radius 3 is 2.43 bits per heavy atom. The van der Waals surface area contributed by atoms with E-state index in [4.69, 9.17) is 15.2 Å². The summed E-state index contributed by atoms with van der Waals surface area (Å²) in [7, 11) is 2.92. The SMILES string of the molecule is COc1ccc(NC(=O)C(N)CCSC(F)(F)F)cc1OC.Cl. The molecule has 5 nitrogen and oxygen atoms in total. The van der Waals surface area contributed by atoms with E-state index in [2.05, 4.69) is 5.32 Å². The minimum absolute atomic E-state index is 0. The van der Waals surface area contributed by atoms with E-state index in [0.717, 1.165) is 0 Å². The topological polar surface area (TPSA) is 73.6 Å². The fraction of sp³-hybridized carbons (Fsp3) is 0.462. The van der Waals surface area contributed by atoms with Crippen molar-refractivity contribution in [2.45, 2.75) is 18.0 Å². The zero-order valence-electron chi connectivity index (χ0n) is 12.5. The largest absolute Gasteiger partial charge is 0.493 e. The van der Waals surface area contributed by atoms with Crippen LogP contribution in [0.25, 0.3) is 0 Å². The van der Waals surface area contributed by atoms with Crippen LogP contribution in [-0.4, -0.2) is 37.4 Å². The minimum Gasteiger partial charge on any atom is -0.493 e. The van der Waals surface area contributed by atoms with E-state index >= 15 is 0 Å². The average molecular weight is 375 g/mol. The molecule has 0 saturated heterocycles. The van der Waals surface area contributed by atoms with Crippen LogP contribution in [-0.2, 0) is 4.79 Å². The van der Waals surface area contributed by atoms with Gasteiger partial charge in [0.05, 0.1) is 20.3 Å². The molecule has 0 radical (unpaired) electrons. The number of halogens is 4. The summed E-state index contributed by atoms with van der Waals surface area (Å²) >= 11 is -0.200. The number of nitrogens with one attached hydrogen (secondary N) is 1.